The van der Waals surface area contributed by atoms with Gasteiger partial charge in [0.1, 0.15) is 17.3 Å². The Balaban J connectivity index is 1.20. The third-order valence-corrected chi connectivity index (χ3v) is 10.1. The average molecular weight is 576 g/mol. The summed E-state index contributed by atoms with van der Waals surface area (Å²) >= 11 is 1.50. The summed E-state index contributed by atoms with van der Waals surface area (Å²) in [5.41, 5.74) is 3.76. The van der Waals surface area contributed by atoms with Crippen LogP contribution < -0.4 is 15.0 Å². The number of nitrogens with one attached hydrogen (secondary N) is 1. The number of anilines is 2. The molecule has 0 aliphatic carbocycles. The van der Waals surface area contributed by atoms with Gasteiger partial charge in [0.05, 0.1) is 29.8 Å². The normalized spacial score (nSPS) is 24.0. The van der Waals surface area contributed by atoms with Gasteiger partial charge in [0.25, 0.3) is 0 Å². The summed E-state index contributed by atoms with van der Waals surface area (Å²) < 4.78 is 6.53. The second-order valence-corrected chi connectivity index (χ2v) is 12.7. The number of likely N-dealkylation sites (tertiary alicyclic amines) is 2. The molecule has 6 rings (SSSR count). The van der Waals surface area contributed by atoms with Crippen molar-refractivity contribution in [2.75, 3.05) is 30.4 Å². The van der Waals surface area contributed by atoms with Crippen LogP contribution in [-0.4, -0.2) is 71.0 Å². The van der Waals surface area contributed by atoms with Gasteiger partial charge in [-0.2, -0.15) is 0 Å². The molecule has 3 aliphatic heterocycles. The van der Waals surface area contributed by atoms with E-state index in [4.69, 9.17) is 9.72 Å². The number of amides is 4. The van der Waals surface area contributed by atoms with Gasteiger partial charge in [-0.25, -0.2) is 9.78 Å². The van der Waals surface area contributed by atoms with Crippen LogP contribution in [0.1, 0.15) is 57.1 Å². The van der Waals surface area contributed by atoms with Crippen LogP contribution in [0.4, 0.5) is 15.6 Å². The number of aryl methyl sites for hydroxylation is 1. The zero-order chi connectivity index (χ0) is 29.0. The molecule has 3 aliphatic rings. The maximum Gasteiger partial charge on any atom is 0.322 e. The second kappa shape index (κ2) is 10.6. The predicted molar refractivity (Wildman–Crippen MR) is 161 cm³/mol. The van der Waals surface area contributed by atoms with E-state index in [0.29, 0.717) is 48.4 Å². The summed E-state index contributed by atoms with van der Waals surface area (Å²) in [6.45, 7) is 9.28. The average Bonchev–Trinajstić information content (AvgIpc) is 3.75. The third-order valence-electron chi connectivity index (χ3n) is 8.92. The molecule has 3 saturated heterocycles. The second-order valence-electron chi connectivity index (χ2n) is 11.7. The molecular weight excluding hydrogens is 538 g/mol. The molecule has 0 radical (unpaired) electrons. The molecule has 1 aromatic heterocycles. The molecule has 0 bridgehead atoms. The highest BCUT2D eigenvalue weighted by Gasteiger charge is 2.55. The van der Waals surface area contributed by atoms with Gasteiger partial charge in [-0.1, -0.05) is 50.3 Å². The minimum absolute atomic E-state index is 0.0148. The van der Waals surface area contributed by atoms with Gasteiger partial charge in [0.2, 0.25) is 11.8 Å². The van der Waals surface area contributed by atoms with Crippen LogP contribution in [0.5, 0.6) is 5.75 Å². The number of urea groups is 1. The van der Waals surface area contributed by atoms with Gasteiger partial charge in [-0.15, -0.1) is 0 Å². The van der Waals surface area contributed by atoms with Crippen molar-refractivity contribution in [3.63, 3.8) is 0 Å². The lowest BCUT2D eigenvalue weighted by Crippen LogP contribution is -2.52. The standard InChI is InChI=1S/C31H37N5O4S/c1-17(2)20-9-11-21(12-10-20)32-30(39)34-15-6-7-23(34)29(38)35-16-14-22-26(35)19(4)28(37)36(22)31-33-25-24(40-5)13-8-18(3)27(25)41-31/h8-13,17,19,22-23,26H,6-7,14-16H2,1-5H3,(H,32,39)/t19-,22-,23-,26+/m0/s1. The third kappa shape index (κ3) is 4.62. The molecule has 1 N–H and O–H groups in total. The Labute approximate surface area is 244 Å². The van der Waals surface area contributed by atoms with Crippen molar-refractivity contribution in [2.45, 2.75) is 71.0 Å². The summed E-state index contributed by atoms with van der Waals surface area (Å²) in [6.07, 6.45) is 2.07. The van der Waals surface area contributed by atoms with Crippen molar-refractivity contribution in [1.82, 2.24) is 14.8 Å². The Hall–Kier alpha value is -3.66. The Morgan fingerprint density at radius 1 is 1.07 bits per heavy atom. The summed E-state index contributed by atoms with van der Waals surface area (Å²) in [6, 6.07) is 10.6. The summed E-state index contributed by atoms with van der Waals surface area (Å²) in [5, 5.41) is 3.63. The van der Waals surface area contributed by atoms with E-state index in [2.05, 4.69) is 19.2 Å². The molecule has 0 saturated carbocycles. The van der Waals surface area contributed by atoms with Gasteiger partial charge in [-0.05, 0) is 61.4 Å². The highest BCUT2D eigenvalue weighted by Crippen LogP contribution is 2.44. The van der Waals surface area contributed by atoms with Crippen LogP contribution in [0, 0.1) is 12.8 Å². The lowest BCUT2D eigenvalue weighted by atomic mass is 10.0. The zero-order valence-corrected chi connectivity index (χ0v) is 25.0. The van der Waals surface area contributed by atoms with Crippen molar-refractivity contribution < 1.29 is 19.1 Å². The van der Waals surface area contributed by atoms with E-state index in [0.717, 1.165) is 22.2 Å². The molecular formula is C31H37N5O4S. The van der Waals surface area contributed by atoms with E-state index in [9.17, 15) is 14.4 Å². The quantitative estimate of drug-likeness (QED) is 0.441. The van der Waals surface area contributed by atoms with Crippen LogP contribution >= 0.6 is 11.3 Å². The highest BCUT2D eigenvalue weighted by molar-refractivity contribution is 7.22. The number of ether oxygens (including phenoxy) is 1. The molecule has 0 spiro atoms. The molecule has 4 amide bonds. The molecule has 2 aromatic carbocycles. The lowest BCUT2D eigenvalue weighted by Gasteiger charge is -2.32. The first-order chi connectivity index (χ1) is 19.7. The first-order valence-electron chi connectivity index (χ1n) is 14.4. The van der Waals surface area contributed by atoms with Gasteiger partial charge >= 0.3 is 6.03 Å². The molecule has 9 nitrogen and oxygen atoms in total. The number of fused-ring (bicyclic) bond motifs is 2. The SMILES string of the molecule is COc1ccc(C)c2sc(N3C(=O)[C@@H](C)[C@@H]4[C@@H]3CCN4C(=O)[C@@H]3CCCN3C(=O)Nc3ccc(C(C)C)cc3)nc12. The smallest absolute Gasteiger partial charge is 0.322 e. The van der Waals surface area contributed by atoms with E-state index < -0.39 is 6.04 Å². The fourth-order valence-electron chi connectivity index (χ4n) is 6.68. The van der Waals surface area contributed by atoms with E-state index in [-0.39, 0.29) is 35.8 Å². The first kappa shape index (κ1) is 27.5. The van der Waals surface area contributed by atoms with Crippen molar-refractivity contribution >= 4 is 50.2 Å². The number of aromatic nitrogens is 1. The summed E-state index contributed by atoms with van der Waals surface area (Å²) in [5.74, 6) is 0.655. The molecule has 41 heavy (non-hydrogen) atoms. The fraction of sp³-hybridized carbons (Fsp3) is 0.484. The Morgan fingerprint density at radius 2 is 1.83 bits per heavy atom. The minimum Gasteiger partial charge on any atom is -0.494 e. The van der Waals surface area contributed by atoms with Crippen LogP contribution in [0.25, 0.3) is 10.2 Å². The van der Waals surface area contributed by atoms with Crippen LogP contribution in [-0.2, 0) is 9.59 Å². The van der Waals surface area contributed by atoms with Crippen molar-refractivity contribution in [3.05, 3.63) is 47.5 Å². The van der Waals surface area contributed by atoms with Crippen LogP contribution in [0.2, 0.25) is 0 Å². The number of nitrogens with zero attached hydrogens (tertiary/aromatic N) is 4. The number of carbonyl (C=O) groups is 3. The summed E-state index contributed by atoms with van der Waals surface area (Å²) in [7, 11) is 1.62. The van der Waals surface area contributed by atoms with Gasteiger partial charge in [0, 0.05) is 18.8 Å². The van der Waals surface area contributed by atoms with Crippen LogP contribution in [0.15, 0.2) is 36.4 Å². The molecule has 3 aromatic rings. The number of thiazole rings is 1. The first-order valence-corrected chi connectivity index (χ1v) is 15.3. The minimum atomic E-state index is -0.533. The van der Waals surface area contributed by atoms with E-state index in [1.165, 1.54) is 16.9 Å². The van der Waals surface area contributed by atoms with Crippen LogP contribution in [0.3, 0.4) is 0 Å². The number of hydrogen-bond acceptors (Lipinski definition) is 6. The van der Waals surface area contributed by atoms with E-state index in [1.54, 1.807) is 12.0 Å². The Morgan fingerprint density at radius 3 is 2.54 bits per heavy atom. The number of rotatable bonds is 5. The van der Waals surface area contributed by atoms with E-state index >= 15 is 0 Å². The Kier molecular flexibility index (Phi) is 7.13. The highest BCUT2D eigenvalue weighted by atomic mass is 32.1. The Bertz CT molecular complexity index is 1500. The van der Waals surface area contributed by atoms with Crippen molar-refractivity contribution in [2.24, 2.45) is 5.92 Å². The molecule has 4 heterocycles. The van der Waals surface area contributed by atoms with E-state index in [1.807, 2.05) is 60.0 Å². The monoisotopic (exact) mass is 575 g/mol. The largest absolute Gasteiger partial charge is 0.494 e. The van der Waals surface area contributed by atoms with Gasteiger partial charge in [0.15, 0.2) is 5.13 Å². The maximum absolute atomic E-state index is 14.0. The van der Waals surface area contributed by atoms with Crippen molar-refractivity contribution in [3.8, 4) is 5.75 Å². The number of benzene rings is 2. The zero-order valence-electron chi connectivity index (χ0n) is 24.2. The molecule has 10 heteroatoms. The molecule has 0 unspecified atom stereocenters. The predicted octanol–water partition coefficient (Wildman–Crippen LogP) is 5.39. The maximum atomic E-state index is 14.0. The van der Waals surface area contributed by atoms with Gasteiger partial charge < -0.3 is 19.9 Å². The molecule has 4 atom stereocenters. The van der Waals surface area contributed by atoms with Crippen molar-refractivity contribution in [1.29, 1.82) is 0 Å². The molecule has 216 valence electrons. The van der Waals surface area contributed by atoms with Gasteiger partial charge in [-0.3, -0.25) is 14.5 Å². The number of carbonyl (C=O) groups excluding carboxylic acids is 3. The lowest BCUT2D eigenvalue weighted by molar-refractivity contribution is -0.137. The number of methoxy groups -OCH3 is 1. The fourth-order valence-corrected chi connectivity index (χ4v) is 7.79. The topological polar surface area (TPSA) is 95.1 Å². The summed E-state index contributed by atoms with van der Waals surface area (Å²) in [4.78, 5) is 51.1. The molecule has 3 fully saturated rings. The number of hydrogen-bond donors (Lipinski definition) is 1.